The number of nitrogens with one attached hydrogen (secondary N) is 1. The Labute approximate surface area is 112 Å². The highest BCUT2D eigenvalue weighted by atomic mass is 32.2. The maximum Gasteiger partial charge on any atom is 0.301 e. The Morgan fingerprint density at radius 1 is 1.39 bits per heavy atom. The first-order chi connectivity index (χ1) is 8.47. The maximum atomic E-state index is 11.7. The molecule has 0 aliphatic heterocycles. The molecule has 7 heteroatoms. The molecule has 0 saturated heterocycles. The smallest absolute Gasteiger partial charge is 0.270 e. The van der Waals surface area contributed by atoms with Crippen LogP contribution in [0.25, 0.3) is 0 Å². The first kappa shape index (κ1) is 14.8. The number of nitriles is 1. The van der Waals surface area contributed by atoms with Gasteiger partial charge in [-0.05, 0) is 12.1 Å². The summed E-state index contributed by atoms with van der Waals surface area (Å²) >= 11 is 1.46. The van der Waals surface area contributed by atoms with Crippen molar-refractivity contribution in [2.24, 2.45) is 0 Å². The van der Waals surface area contributed by atoms with E-state index in [2.05, 4.69) is 10.8 Å². The van der Waals surface area contributed by atoms with Gasteiger partial charge < -0.3 is 0 Å². The standard InChI is InChI=1S/C11H15N3O2S2/c1-14(2)18(15,16)13-10-6-3-4-7-11(10)17-9-5-8-12/h3-4,6-7,13H,5,9H2,1-2H3. The van der Waals surface area contributed by atoms with Crippen molar-refractivity contribution in [2.45, 2.75) is 11.3 Å². The maximum absolute atomic E-state index is 11.7. The Morgan fingerprint density at radius 3 is 2.67 bits per heavy atom. The van der Waals surface area contributed by atoms with Crippen LogP contribution in [0.2, 0.25) is 0 Å². The third-order valence-electron chi connectivity index (χ3n) is 2.08. The lowest BCUT2D eigenvalue weighted by molar-refractivity contribution is 0.526. The predicted octanol–water partition coefficient (Wildman–Crippen LogP) is 1.91. The fourth-order valence-corrected chi connectivity index (χ4v) is 2.68. The molecule has 0 aliphatic rings. The van der Waals surface area contributed by atoms with E-state index in [0.717, 1.165) is 9.20 Å². The van der Waals surface area contributed by atoms with Gasteiger partial charge in [-0.3, -0.25) is 4.72 Å². The Morgan fingerprint density at radius 2 is 2.06 bits per heavy atom. The average molecular weight is 285 g/mol. The zero-order chi connectivity index (χ0) is 13.6. The molecule has 0 aromatic heterocycles. The lowest BCUT2D eigenvalue weighted by atomic mass is 10.3. The van der Waals surface area contributed by atoms with Crippen LogP contribution in [0, 0.1) is 11.3 Å². The molecule has 1 aromatic carbocycles. The van der Waals surface area contributed by atoms with Crippen LogP contribution in [0.1, 0.15) is 6.42 Å². The number of hydrogen-bond donors (Lipinski definition) is 1. The van der Waals surface area contributed by atoms with E-state index in [0.29, 0.717) is 17.9 Å². The van der Waals surface area contributed by atoms with E-state index in [4.69, 9.17) is 5.26 Å². The number of nitrogens with zero attached hydrogens (tertiary/aromatic N) is 2. The van der Waals surface area contributed by atoms with Crippen molar-refractivity contribution in [1.82, 2.24) is 4.31 Å². The Bertz CT molecular complexity index is 535. The zero-order valence-corrected chi connectivity index (χ0v) is 11.9. The summed E-state index contributed by atoms with van der Waals surface area (Å²) < 4.78 is 27.1. The van der Waals surface area contributed by atoms with Crippen LogP contribution in [0.4, 0.5) is 5.69 Å². The van der Waals surface area contributed by atoms with Gasteiger partial charge >= 0.3 is 10.2 Å². The predicted molar refractivity (Wildman–Crippen MR) is 73.6 cm³/mol. The summed E-state index contributed by atoms with van der Waals surface area (Å²) in [5.74, 6) is 0.636. The second-order valence-electron chi connectivity index (χ2n) is 3.64. The molecule has 0 saturated carbocycles. The molecule has 0 radical (unpaired) electrons. The highest BCUT2D eigenvalue weighted by Crippen LogP contribution is 2.28. The summed E-state index contributed by atoms with van der Waals surface area (Å²) in [6.45, 7) is 0. The molecule has 5 nitrogen and oxygen atoms in total. The normalized spacial score (nSPS) is 11.2. The third kappa shape index (κ3) is 4.22. The summed E-state index contributed by atoms with van der Waals surface area (Å²) in [7, 11) is -0.567. The van der Waals surface area contributed by atoms with Gasteiger partial charge in [0.25, 0.3) is 0 Å². The molecule has 0 aliphatic carbocycles. The van der Waals surface area contributed by atoms with E-state index < -0.39 is 10.2 Å². The summed E-state index contributed by atoms with van der Waals surface area (Å²) in [6.07, 6.45) is 0.430. The van der Waals surface area contributed by atoms with Crippen molar-refractivity contribution in [3.05, 3.63) is 24.3 Å². The summed E-state index contributed by atoms with van der Waals surface area (Å²) in [6, 6.07) is 9.19. The molecular weight excluding hydrogens is 270 g/mol. The van der Waals surface area contributed by atoms with Crippen molar-refractivity contribution in [1.29, 1.82) is 5.26 Å². The molecule has 0 amide bonds. The van der Waals surface area contributed by atoms with Gasteiger partial charge in [0.05, 0.1) is 11.8 Å². The largest absolute Gasteiger partial charge is 0.301 e. The Hall–Kier alpha value is -1.23. The third-order valence-corrected chi connectivity index (χ3v) is 4.59. The molecule has 1 aromatic rings. The molecule has 1 rings (SSSR count). The molecule has 0 unspecified atom stereocenters. The minimum atomic E-state index is -3.50. The van der Waals surface area contributed by atoms with Crippen molar-refractivity contribution < 1.29 is 8.42 Å². The summed E-state index contributed by atoms with van der Waals surface area (Å²) in [5.41, 5.74) is 0.536. The van der Waals surface area contributed by atoms with Crippen molar-refractivity contribution in [2.75, 3.05) is 24.6 Å². The number of thioether (sulfide) groups is 1. The van der Waals surface area contributed by atoms with Gasteiger partial charge in [0.2, 0.25) is 0 Å². The van der Waals surface area contributed by atoms with Crippen LogP contribution in [-0.4, -0.2) is 32.6 Å². The van der Waals surface area contributed by atoms with Crippen LogP contribution >= 0.6 is 11.8 Å². The molecule has 98 valence electrons. The second-order valence-corrected chi connectivity index (χ2v) is 6.66. The van der Waals surface area contributed by atoms with E-state index in [1.165, 1.54) is 25.9 Å². The van der Waals surface area contributed by atoms with Gasteiger partial charge in [0.1, 0.15) is 0 Å². The molecule has 0 fully saturated rings. The zero-order valence-electron chi connectivity index (χ0n) is 10.3. The van der Waals surface area contributed by atoms with E-state index >= 15 is 0 Å². The van der Waals surface area contributed by atoms with Gasteiger partial charge in [0.15, 0.2) is 0 Å². The minimum absolute atomic E-state index is 0.430. The van der Waals surface area contributed by atoms with Gasteiger partial charge in [-0.1, -0.05) is 12.1 Å². The molecule has 1 N–H and O–H groups in total. The fraction of sp³-hybridized carbons (Fsp3) is 0.364. The summed E-state index contributed by atoms with van der Waals surface area (Å²) in [4.78, 5) is 0.818. The van der Waals surface area contributed by atoms with E-state index in [1.54, 1.807) is 12.1 Å². The molecule has 18 heavy (non-hydrogen) atoms. The Kier molecular flexibility index (Phi) is 5.47. The number of hydrogen-bond acceptors (Lipinski definition) is 4. The monoisotopic (exact) mass is 285 g/mol. The molecule has 0 bridgehead atoms. The molecule has 0 atom stereocenters. The minimum Gasteiger partial charge on any atom is -0.270 e. The fourth-order valence-electron chi connectivity index (χ4n) is 1.11. The Balaban J connectivity index is 2.86. The second kappa shape index (κ2) is 6.64. The van der Waals surface area contributed by atoms with E-state index in [9.17, 15) is 8.42 Å². The SMILES string of the molecule is CN(C)S(=O)(=O)Nc1ccccc1SCCC#N. The highest BCUT2D eigenvalue weighted by Gasteiger charge is 2.14. The first-order valence-corrected chi connectivity index (χ1v) is 7.69. The first-order valence-electron chi connectivity index (χ1n) is 5.26. The average Bonchev–Trinajstić information content (AvgIpc) is 2.31. The number of para-hydroxylation sites is 1. The van der Waals surface area contributed by atoms with Crippen molar-refractivity contribution in [3.63, 3.8) is 0 Å². The van der Waals surface area contributed by atoms with Crippen LogP contribution in [0.5, 0.6) is 0 Å². The quantitative estimate of drug-likeness (QED) is 0.640. The molecular formula is C11H15N3O2S2. The van der Waals surface area contributed by atoms with Crippen molar-refractivity contribution >= 4 is 27.7 Å². The lowest BCUT2D eigenvalue weighted by Crippen LogP contribution is -2.29. The van der Waals surface area contributed by atoms with Gasteiger partial charge in [-0.2, -0.15) is 18.0 Å². The van der Waals surface area contributed by atoms with E-state index in [1.807, 2.05) is 12.1 Å². The topological polar surface area (TPSA) is 73.2 Å². The van der Waals surface area contributed by atoms with Crippen LogP contribution in [-0.2, 0) is 10.2 Å². The van der Waals surface area contributed by atoms with E-state index in [-0.39, 0.29) is 0 Å². The van der Waals surface area contributed by atoms with Crippen LogP contribution < -0.4 is 4.72 Å². The number of rotatable bonds is 6. The highest BCUT2D eigenvalue weighted by molar-refractivity contribution is 7.99. The van der Waals surface area contributed by atoms with Crippen molar-refractivity contribution in [3.8, 4) is 6.07 Å². The lowest BCUT2D eigenvalue weighted by Gasteiger charge is -2.15. The number of benzene rings is 1. The number of anilines is 1. The van der Waals surface area contributed by atoms with Gasteiger partial charge in [0, 0.05) is 31.2 Å². The van der Waals surface area contributed by atoms with Gasteiger partial charge in [-0.25, -0.2) is 0 Å². The van der Waals surface area contributed by atoms with Gasteiger partial charge in [-0.15, -0.1) is 11.8 Å². The molecule has 0 heterocycles. The van der Waals surface area contributed by atoms with Crippen LogP contribution in [0.15, 0.2) is 29.2 Å². The molecule has 0 spiro atoms. The van der Waals surface area contributed by atoms with Crippen LogP contribution in [0.3, 0.4) is 0 Å². The summed E-state index contributed by atoms with van der Waals surface area (Å²) in [5, 5.41) is 8.49.